The molecule has 0 saturated heterocycles. The van der Waals surface area contributed by atoms with Gasteiger partial charge in [-0.05, 0) is 44.4 Å². The Labute approximate surface area is 195 Å². The zero-order valence-corrected chi connectivity index (χ0v) is 19.5. The number of carbonyl (C=O) groups is 3. The van der Waals surface area contributed by atoms with Crippen molar-refractivity contribution < 1.29 is 24.2 Å². The Morgan fingerprint density at radius 3 is 2.27 bits per heavy atom. The maximum Gasteiger partial charge on any atom is 0.312 e. The monoisotopic (exact) mass is 454 g/mol. The van der Waals surface area contributed by atoms with Crippen LogP contribution in [-0.4, -0.2) is 47.0 Å². The van der Waals surface area contributed by atoms with E-state index in [1.807, 2.05) is 49.5 Å². The molecule has 3 N–H and O–H groups in total. The summed E-state index contributed by atoms with van der Waals surface area (Å²) in [6.07, 6.45) is 4.56. The van der Waals surface area contributed by atoms with Crippen LogP contribution in [0.25, 0.3) is 0 Å². The maximum atomic E-state index is 12.8. The number of aliphatic carboxylic acids is 1. The van der Waals surface area contributed by atoms with E-state index in [0.717, 1.165) is 12.0 Å². The first-order valence-corrected chi connectivity index (χ1v) is 10.7. The summed E-state index contributed by atoms with van der Waals surface area (Å²) in [5.74, 6) is -1.44. The normalized spacial score (nSPS) is 14.1. The van der Waals surface area contributed by atoms with E-state index < -0.39 is 11.9 Å². The van der Waals surface area contributed by atoms with Crippen LogP contribution in [0.4, 0.5) is 0 Å². The highest BCUT2D eigenvalue weighted by atomic mass is 16.5. The molecule has 1 atom stereocenters. The lowest BCUT2D eigenvalue weighted by Gasteiger charge is -2.23. The number of carboxylic acids is 1. The van der Waals surface area contributed by atoms with Crippen molar-refractivity contribution in [2.45, 2.75) is 44.8 Å². The van der Waals surface area contributed by atoms with Crippen LogP contribution in [0.15, 0.2) is 61.7 Å². The zero-order chi connectivity index (χ0) is 25.0. The zero-order valence-electron chi connectivity index (χ0n) is 19.5. The molecule has 0 aliphatic carbocycles. The number of hydrogen-bond acceptors (Lipinski definition) is 5. The number of aromatic nitrogens is 1. The number of carboxylic acid groups (broad SMARTS) is 1. The molecule has 7 nitrogen and oxygen atoms in total. The topological polar surface area (TPSA) is 112 Å². The summed E-state index contributed by atoms with van der Waals surface area (Å²) in [6.45, 7) is 14.2. The largest absolute Gasteiger partial charge is 0.481 e. The van der Waals surface area contributed by atoms with Crippen LogP contribution in [0.1, 0.15) is 53.5 Å². The summed E-state index contributed by atoms with van der Waals surface area (Å²) >= 11 is 0. The molecule has 1 aliphatic heterocycles. The molecule has 1 unspecified atom stereocenters. The Morgan fingerprint density at radius 1 is 1.15 bits per heavy atom. The molecule has 3 rings (SSSR count). The number of ketones is 1. The standard InChI is InChI=1S/C21H26N2O4.C4H6.CH2O/c1-21(2,13-22)27-12-10-14-3-5-15(6-4-14)19(24)18-8-7-17-16(20(25)26)9-11-23(17)18;1-3-4-2;1-2/h3-8,16H,9-13,22H2,1-2H3,(H,25,26);3-4H,1-2H2;1H2. The summed E-state index contributed by atoms with van der Waals surface area (Å²) in [7, 11) is 0. The summed E-state index contributed by atoms with van der Waals surface area (Å²) < 4.78 is 7.59. The van der Waals surface area contributed by atoms with E-state index in [-0.39, 0.29) is 11.4 Å². The number of ether oxygens (including phenoxy) is 1. The number of carbonyl (C=O) groups excluding carboxylic acids is 2. The van der Waals surface area contributed by atoms with Crippen molar-refractivity contribution in [1.29, 1.82) is 0 Å². The van der Waals surface area contributed by atoms with Crippen LogP contribution in [-0.2, 0) is 27.3 Å². The van der Waals surface area contributed by atoms with Crippen molar-refractivity contribution in [2.24, 2.45) is 5.73 Å². The number of hydrogen-bond donors (Lipinski definition) is 2. The van der Waals surface area contributed by atoms with Gasteiger partial charge in [-0.3, -0.25) is 9.59 Å². The van der Waals surface area contributed by atoms with Gasteiger partial charge >= 0.3 is 5.97 Å². The molecule has 0 amide bonds. The van der Waals surface area contributed by atoms with E-state index in [1.165, 1.54) is 0 Å². The van der Waals surface area contributed by atoms with Gasteiger partial charge in [0.1, 0.15) is 6.79 Å². The van der Waals surface area contributed by atoms with E-state index in [4.69, 9.17) is 15.3 Å². The van der Waals surface area contributed by atoms with Gasteiger partial charge in [0.25, 0.3) is 0 Å². The molecule has 0 radical (unpaired) electrons. The number of rotatable bonds is 9. The lowest BCUT2D eigenvalue weighted by atomic mass is 10.0. The maximum absolute atomic E-state index is 12.8. The number of nitrogens with two attached hydrogens (primary N) is 1. The first kappa shape index (κ1) is 27.7. The van der Waals surface area contributed by atoms with Gasteiger partial charge in [-0.1, -0.05) is 49.6 Å². The van der Waals surface area contributed by atoms with Crippen molar-refractivity contribution in [3.8, 4) is 0 Å². The molecular formula is C26H34N2O5. The van der Waals surface area contributed by atoms with Crippen LogP contribution in [0.2, 0.25) is 0 Å². The molecule has 0 spiro atoms. The SMILES string of the molecule is C=CC=C.C=O.CC(C)(CN)OCCc1ccc(C(=O)c2ccc3n2CCC3C(=O)O)cc1. The van der Waals surface area contributed by atoms with Gasteiger partial charge in [0.2, 0.25) is 5.78 Å². The Morgan fingerprint density at radius 2 is 1.76 bits per heavy atom. The average molecular weight is 455 g/mol. The summed E-state index contributed by atoms with van der Waals surface area (Å²) in [6, 6.07) is 11.0. The number of benzene rings is 1. The third-order valence-corrected chi connectivity index (χ3v) is 5.30. The van der Waals surface area contributed by atoms with E-state index in [1.54, 1.807) is 24.3 Å². The molecule has 33 heavy (non-hydrogen) atoms. The molecule has 178 valence electrons. The molecule has 0 saturated carbocycles. The lowest BCUT2D eigenvalue weighted by Crippen LogP contribution is -2.34. The highest BCUT2D eigenvalue weighted by Gasteiger charge is 2.31. The van der Waals surface area contributed by atoms with E-state index >= 15 is 0 Å². The van der Waals surface area contributed by atoms with E-state index in [2.05, 4.69) is 13.2 Å². The lowest BCUT2D eigenvalue weighted by molar-refractivity contribution is -0.138. The highest BCUT2D eigenvalue weighted by molar-refractivity contribution is 6.08. The Bertz CT molecular complexity index is 938. The van der Waals surface area contributed by atoms with Crippen LogP contribution in [0.5, 0.6) is 0 Å². The fourth-order valence-electron chi connectivity index (χ4n) is 3.37. The third-order valence-electron chi connectivity index (χ3n) is 5.30. The van der Waals surface area contributed by atoms with E-state index in [9.17, 15) is 14.7 Å². The number of fused-ring (bicyclic) bond motifs is 1. The van der Waals surface area contributed by atoms with Gasteiger partial charge in [-0.25, -0.2) is 0 Å². The molecule has 0 bridgehead atoms. The van der Waals surface area contributed by atoms with Gasteiger partial charge in [0.15, 0.2) is 0 Å². The molecule has 1 aromatic carbocycles. The second-order valence-electron chi connectivity index (χ2n) is 8.03. The summed E-state index contributed by atoms with van der Waals surface area (Å²) in [5, 5.41) is 9.28. The molecular weight excluding hydrogens is 420 g/mol. The van der Waals surface area contributed by atoms with Crippen LogP contribution < -0.4 is 5.73 Å². The molecule has 2 aromatic rings. The highest BCUT2D eigenvalue weighted by Crippen LogP contribution is 2.31. The fraction of sp³-hybridized carbons (Fsp3) is 0.346. The average Bonchev–Trinajstić information content (AvgIpc) is 3.43. The van der Waals surface area contributed by atoms with Crippen LogP contribution >= 0.6 is 0 Å². The van der Waals surface area contributed by atoms with Crippen molar-refractivity contribution in [3.63, 3.8) is 0 Å². The Balaban J connectivity index is 0.000000820. The summed E-state index contributed by atoms with van der Waals surface area (Å²) in [4.78, 5) is 32.1. The van der Waals surface area contributed by atoms with Crippen molar-refractivity contribution in [2.75, 3.05) is 13.2 Å². The van der Waals surface area contributed by atoms with E-state index in [0.29, 0.717) is 43.1 Å². The predicted octanol–water partition coefficient (Wildman–Crippen LogP) is 3.76. The van der Waals surface area contributed by atoms with Gasteiger partial charge in [-0.15, -0.1) is 0 Å². The second kappa shape index (κ2) is 13.3. The molecule has 7 heteroatoms. The van der Waals surface area contributed by atoms with Gasteiger partial charge in [0, 0.05) is 24.3 Å². The van der Waals surface area contributed by atoms with Gasteiger partial charge in [-0.2, -0.15) is 0 Å². The third kappa shape index (κ3) is 7.66. The van der Waals surface area contributed by atoms with Gasteiger partial charge in [0.05, 0.1) is 23.8 Å². The predicted molar refractivity (Wildman–Crippen MR) is 130 cm³/mol. The number of allylic oxidation sites excluding steroid dienone is 2. The van der Waals surface area contributed by atoms with Crippen LogP contribution in [0.3, 0.4) is 0 Å². The second-order valence-corrected chi connectivity index (χ2v) is 8.03. The van der Waals surface area contributed by atoms with Crippen LogP contribution in [0, 0.1) is 0 Å². The van der Waals surface area contributed by atoms with Crippen molar-refractivity contribution in [1.82, 2.24) is 4.57 Å². The fourth-order valence-corrected chi connectivity index (χ4v) is 3.37. The molecule has 1 aromatic heterocycles. The Kier molecular flexibility index (Phi) is 11.2. The summed E-state index contributed by atoms with van der Waals surface area (Å²) in [5.41, 5.74) is 8.27. The van der Waals surface area contributed by atoms with Crippen molar-refractivity contribution >= 4 is 18.5 Å². The molecule has 2 heterocycles. The minimum Gasteiger partial charge on any atom is -0.481 e. The Hall–Kier alpha value is -3.29. The first-order chi connectivity index (χ1) is 15.7. The van der Waals surface area contributed by atoms with Crippen molar-refractivity contribution in [3.05, 3.63) is 84.2 Å². The van der Waals surface area contributed by atoms with Gasteiger partial charge < -0.3 is 24.9 Å². The minimum absolute atomic E-state index is 0.0839. The molecule has 1 aliphatic rings. The smallest absolute Gasteiger partial charge is 0.312 e. The first-order valence-electron chi connectivity index (χ1n) is 10.7. The minimum atomic E-state index is -0.838. The molecule has 0 fully saturated rings. The number of nitrogens with zero attached hydrogens (tertiary/aromatic N) is 1. The quantitative estimate of drug-likeness (QED) is 0.441.